The fourth-order valence-electron chi connectivity index (χ4n) is 2.23. The third-order valence-corrected chi connectivity index (χ3v) is 4.58. The molecule has 0 bridgehead atoms. The van der Waals surface area contributed by atoms with Gasteiger partial charge in [0.05, 0.1) is 7.05 Å². The molecule has 0 aliphatic heterocycles. The van der Waals surface area contributed by atoms with E-state index in [2.05, 4.69) is 17.4 Å². The van der Waals surface area contributed by atoms with E-state index >= 15 is 0 Å². The number of carbonyl (C=O) groups excluding carboxylic acids is 1. The van der Waals surface area contributed by atoms with Gasteiger partial charge in [-0.15, -0.1) is 11.8 Å². The van der Waals surface area contributed by atoms with E-state index in [-0.39, 0.29) is 5.91 Å². The van der Waals surface area contributed by atoms with Gasteiger partial charge in [-0.3, -0.25) is 4.79 Å². The number of hydrogen-bond acceptors (Lipinski definition) is 2. The minimum absolute atomic E-state index is 0.0881. The highest BCUT2D eigenvalue weighted by atomic mass is 35.5. The van der Waals surface area contributed by atoms with Crippen LogP contribution in [0.3, 0.4) is 0 Å². The first kappa shape index (κ1) is 17.9. The maximum atomic E-state index is 11.9. The minimum Gasteiger partial charge on any atom is -0.350 e. The van der Waals surface area contributed by atoms with E-state index in [1.165, 1.54) is 10.5 Å². The molecule has 5 heteroatoms. The molecule has 0 fully saturated rings. The summed E-state index contributed by atoms with van der Waals surface area (Å²) in [5, 5.41) is 3.71. The Hall–Kier alpha value is -1.49. The molecule has 1 atom stereocenters. The van der Waals surface area contributed by atoms with Crippen molar-refractivity contribution in [3.05, 3.63) is 65.2 Å². The lowest BCUT2D eigenvalue weighted by molar-refractivity contribution is -0.885. The lowest BCUT2D eigenvalue weighted by Crippen LogP contribution is -3.08. The number of halogens is 1. The summed E-state index contributed by atoms with van der Waals surface area (Å²) in [6.45, 7) is 1.97. The molecule has 0 spiro atoms. The first-order valence-electron chi connectivity index (χ1n) is 7.64. The summed E-state index contributed by atoms with van der Waals surface area (Å²) in [6, 6.07) is 18.0. The number of quaternary nitrogens is 1. The molecule has 0 heterocycles. The van der Waals surface area contributed by atoms with Crippen molar-refractivity contribution >= 4 is 29.3 Å². The SMILES string of the molecule is C[NH+](CC(=O)NCCSc1ccccc1)Cc1ccc(Cl)cc1. The van der Waals surface area contributed by atoms with E-state index < -0.39 is 0 Å². The van der Waals surface area contributed by atoms with Crippen molar-refractivity contribution in [1.82, 2.24) is 5.32 Å². The molecule has 1 amide bonds. The van der Waals surface area contributed by atoms with Gasteiger partial charge in [-0.1, -0.05) is 41.9 Å². The number of amides is 1. The highest BCUT2D eigenvalue weighted by Crippen LogP contribution is 2.15. The monoisotopic (exact) mass is 349 g/mol. The first-order chi connectivity index (χ1) is 11.1. The number of likely N-dealkylation sites (N-methyl/N-ethyl adjacent to an activating group) is 1. The minimum atomic E-state index is 0.0881. The highest BCUT2D eigenvalue weighted by molar-refractivity contribution is 7.99. The van der Waals surface area contributed by atoms with Gasteiger partial charge in [0.25, 0.3) is 5.91 Å². The zero-order chi connectivity index (χ0) is 16.5. The Bertz CT molecular complexity index is 604. The van der Waals surface area contributed by atoms with E-state index in [9.17, 15) is 4.79 Å². The van der Waals surface area contributed by atoms with Crippen molar-refractivity contribution in [1.29, 1.82) is 0 Å². The first-order valence-corrected chi connectivity index (χ1v) is 9.00. The van der Waals surface area contributed by atoms with Gasteiger partial charge in [-0.25, -0.2) is 0 Å². The van der Waals surface area contributed by atoms with Crippen molar-refractivity contribution in [3.63, 3.8) is 0 Å². The van der Waals surface area contributed by atoms with Crippen LogP contribution in [0.25, 0.3) is 0 Å². The second kappa shape index (κ2) is 9.60. The molecule has 0 aliphatic carbocycles. The van der Waals surface area contributed by atoms with Gasteiger partial charge in [0.1, 0.15) is 6.54 Å². The topological polar surface area (TPSA) is 33.5 Å². The Morgan fingerprint density at radius 1 is 1.13 bits per heavy atom. The summed E-state index contributed by atoms with van der Waals surface area (Å²) in [4.78, 5) is 14.3. The van der Waals surface area contributed by atoms with Crippen molar-refractivity contribution in [2.24, 2.45) is 0 Å². The second-order valence-corrected chi connectivity index (χ2v) is 7.05. The van der Waals surface area contributed by atoms with Crippen molar-refractivity contribution in [3.8, 4) is 0 Å². The molecule has 2 N–H and O–H groups in total. The molecule has 2 aromatic rings. The fourth-order valence-corrected chi connectivity index (χ4v) is 3.14. The van der Waals surface area contributed by atoms with Crippen LogP contribution in [0.4, 0.5) is 0 Å². The number of rotatable bonds is 8. The average Bonchev–Trinajstić information content (AvgIpc) is 2.55. The molecule has 0 saturated carbocycles. The molecule has 23 heavy (non-hydrogen) atoms. The Morgan fingerprint density at radius 3 is 2.52 bits per heavy atom. The summed E-state index contributed by atoms with van der Waals surface area (Å²) in [5.41, 5.74) is 1.18. The Kier molecular flexibility index (Phi) is 7.46. The van der Waals surface area contributed by atoms with E-state index in [0.717, 1.165) is 22.2 Å². The molecule has 3 nitrogen and oxygen atoms in total. The van der Waals surface area contributed by atoms with Crippen LogP contribution in [-0.2, 0) is 11.3 Å². The van der Waals surface area contributed by atoms with Crippen molar-refractivity contribution in [2.75, 3.05) is 25.9 Å². The van der Waals surface area contributed by atoms with Gasteiger partial charge in [0.2, 0.25) is 0 Å². The molecular weight excluding hydrogens is 328 g/mol. The number of carbonyl (C=O) groups is 1. The molecule has 2 aromatic carbocycles. The smallest absolute Gasteiger partial charge is 0.275 e. The maximum absolute atomic E-state index is 11.9. The second-order valence-electron chi connectivity index (χ2n) is 5.45. The quantitative estimate of drug-likeness (QED) is 0.566. The van der Waals surface area contributed by atoms with Crippen molar-refractivity contribution < 1.29 is 9.69 Å². The summed E-state index contributed by atoms with van der Waals surface area (Å²) in [5.74, 6) is 0.969. The van der Waals surface area contributed by atoms with Gasteiger partial charge < -0.3 is 10.2 Å². The lowest BCUT2D eigenvalue weighted by atomic mass is 10.2. The number of nitrogens with one attached hydrogen (secondary N) is 2. The van der Waals surface area contributed by atoms with Crippen LogP contribution < -0.4 is 10.2 Å². The van der Waals surface area contributed by atoms with Crippen LogP contribution in [0.2, 0.25) is 5.02 Å². The molecule has 122 valence electrons. The van der Waals surface area contributed by atoms with Crippen LogP contribution in [-0.4, -0.2) is 31.8 Å². The Labute approximate surface area is 147 Å². The number of thioether (sulfide) groups is 1. The predicted molar refractivity (Wildman–Crippen MR) is 97.1 cm³/mol. The third-order valence-electron chi connectivity index (χ3n) is 3.32. The van der Waals surface area contributed by atoms with E-state index in [1.54, 1.807) is 11.8 Å². The third kappa shape index (κ3) is 7.08. The van der Waals surface area contributed by atoms with Gasteiger partial charge in [0, 0.05) is 27.8 Å². The fraction of sp³-hybridized carbons (Fsp3) is 0.278. The molecule has 1 unspecified atom stereocenters. The standard InChI is InChI=1S/C18H21ClN2OS/c1-21(13-15-7-9-16(19)10-8-15)14-18(22)20-11-12-23-17-5-3-2-4-6-17/h2-10H,11-14H2,1H3,(H,20,22)/p+1. The number of hydrogen-bond donors (Lipinski definition) is 2. The molecule has 0 radical (unpaired) electrons. The highest BCUT2D eigenvalue weighted by Gasteiger charge is 2.10. The molecule has 2 rings (SSSR count). The van der Waals surface area contributed by atoms with E-state index in [1.807, 2.05) is 49.5 Å². The van der Waals surface area contributed by atoms with Gasteiger partial charge in [0.15, 0.2) is 6.54 Å². The molecule has 0 saturated heterocycles. The van der Waals surface area contributed by atoms with Crippen LogP contribution in [0.1, 0.15) is 5.56 Å². The van der Waals surface area contributed by atoms with Crippen LogP contribution in [0, 0.1) is 0 Å². The molecular formula is C18H22ClN2OS+. The van der Waals surface area contributed by atoms with E-state index in [0.29, 0.717) is 13.1 Å². The average molecular weight is 350 g/mol. The van der Waals surface area contributed by atoms with Gasteiger partial charge in [-0.2, -0.15) is 0 Å². The summed E-state index contributed by atoms with van der Waals surface area (Å²) in [6.07, 6.45) is 0. The van der Waals surface area contributed by atoms with Crippen molar-refractivity contribution in [2.45, 2.75) is 11.4 Å². The van der Waals surface area contributed by atoms with Gasteiger partial charge >= 0.3 is 0 Å². The maximum Gasteiger partial charge on any atom is 0.275 e. The lowest BCUT2D eigenvalue weighted by Gasteiger charge is -2.14. The van der Waals surface area contributed by atoms with Crippen LogP contribution >= 0.6 is 23.4 Å². The summed E-state index contributed by atoms with van der Waals surface area (Å²) in [7, 11) is 2.02. The summed E-state index contributed by atoms with van der Waals surface area (Å²) < 4.78 is 0. The van der Waals surface area contributed by atoms with Crippen LogP contribution in [0.15, 0.2) is 59.5 Å². The van der Waals surface area contributed by atoms with Crippen LogP contribution in [0.5, 0.6) is 0 Å². The molecule has 0 aliphatic rings. The zero-order valence-electron chi connectivity index (χ0n) is 13.2. The predicted octanol–water partition coefficient (Wildman–Crippen LogP) is 2.26. The normalized spacial score (nSPS) is 11.9. The summed E-state index contributed by atoms with van der Waals surface area (Å²) >= 11 is 7.63. The molecule has 0 aromatic heterocycles. The Balaban J connectivity index is 1.63. The van der Waals surface area contributed by atoms with Gasteiger partial charge in [-0.05, 0) is 24.3 Å². The zero-order valence-corrected chi connectivity index (χ0v) is 14.8. The van der Waals surface area contributed by atoms with E-state index in [4.69, 9.17) is 11.6 Å². The Morgan fingerprint density at radius 2 is 1.83 bits per heavy atom. The largest absolute Gasteiger partial charge is 0.350 e. The number of benzene rings is 2.